The van der Waals surface area contributed by atoms with Crippen LogP contribution in [0.25, 0.3) is 0 Å². The van der Waals surface area contributed by atoms with Crippen LogP contribution in [0.2, 0.25) is 0 Å². The zero-order valence-corrected chi connectivity index (χ0v) is 9.49. The maximum Gasteiger partial charge on any atom is 0.336 e. The molecule has 3 N–H and O–H groups in total. The van der Waals surface area contributed by atoms with Crippen LogP contribution < -0.4 is 5.32 Å². The lowest BCUT2D eigenvalue weighted by Gasteiger charge is -2.25. The second-order valence-electron chi connectivity index (χ2n) is 4.79. The monoisotopic (exact) mass is 215 g/mol. The van der Waals surface area contributed by atoms with Gasteiger partial charge in [-0.15, -0.1) is 0 Å². The van der Waals surface area contributed by atoms with Gasteiger partial charge in [0.15, 0.2) is 5.60 Å². The molecule has 0 aromatic heterocycles. The Bertz CT molecular complexity index is 222. The van der Waals surface area contributed by atoms with E-state index >= 15 is 0 Å². The van der Waals surface area contributed by atoms with E-state index in [1.54, 1.807) is 0 Å². The normalized spacial score (nSPS) is 23.7. The van der Waals surface area contributed by atoms with Gasteiger partial charge in [0.2, 0.25) is 0 Å². The average Bonchev–Trinajstić information content (AvgIpc) is 2.66. The Morgan fingerprint density at radius 1 is 1.53 bits per heavy atom. The molecule has 1 saturated carbocycles. The Balaban J connectivity index is 2.32. The summed E-state index contributed by atoms with van der Waals surface area (Å²) < 4.78 is 0. The molecule has 0 aliphatic heterocycles. The molecule has 0 bridgehead atoms. The summed E-state index contributed by atoms with van der Waals surface area (Å²) in [6, 6.07) is 0.290. The second-order valence-corrected chi connectivity index (χ2v) is 4.79. The fourth-order valence-corrected chi connectivity index (χ4v) is 2.06. The van der Waals surface area contributed by atoms with Crippen molar-refractivity contribution in [3.05, 3.63) is 0 Å². The first kappa shape index (κ1) is 12.5. The van der Waals surface area contributed by atoms with Gasteiger partial charge in [0.05, 0.1) is 0 Å². The summed E-state index contributed by atoms with van der Waals surface area (Å²) >= 11 is 0. The number of rotatable bonds is 5. The van der Waals surface area contributed by atoms with E-state index in [1.807, 2.05) is 0 Å². The molecule has 88 valence electrons. The van der Waals surface area contributed by atoms with Crippen molar-refractivity contribution < 1.29 is 15.0 Å². The van der Waals surface area contributed by atoms with Gasteiger partial charge in [0, 0.05) is 12.6 Å². The van der Waals surface area contributed by atoms with Gasteiger partial charge in [-0.05, 0) is 32.6 Å². The Morgan fingerprint density at radius 3 is 2.53 bits per heavy atom. The van der Waals surface area contributed by atoms with Crippen LogP contribution in [0.4, 0.5) is 0 Å². The zero-order valence-electron chi connectivity index (χ0n) is 9.49. The van der Waals surface area contributed by atoms with Crippen molar-refractivity contribution in [2.24, 2.45) is 5.92 Å². The van der Waals surface area contributed by atoms with E-state index in [0.717, 1.165) is 0 Å². The average molecular weight is 215 g/mol. The van der Waals surface area contributed by atoms with E-state index in [-0.39, 0.29) is 6.54 Å². The molecule has 0 saturated heterocycles. The van der Waals surface area contributed by atoms with Gasteiger partial charge in [0.25, 0.3) is 0 Å². The Labute approximate surface area is 90.7 Å². The van der Waals surface area contributed by atoms with E-state index in [1.165, 1.54) is 32.6 Å². The van der Waals surface area contributed by atoms with Gasteiger partial charge >= 0.3 is 5.97 Å². The molecule has 1 aliphatic carbocycles. The molecule has 0 spiro atoms. The number of aliphatic hydroxyl groups is 1. The largest absolute Gasteiger partial charge is 0.479 e. The summed E-state index contributed by atoms with van der Waals surface area (Å²) in [5, 5.41) is 21.4. The molecule has 1 fully saturated rings. The molecule has 1 unspecified atom stereocenters. The molecule has 2 atom stereocenters. The highest BCUT2D eigenvalue weighted by atomic mass is 16.4. The molecule has 1 rings (SSSR count). The molecular formula is C11H21NO3. The van der Waals surface area contributed by atoms with E-state index in [4.69, 9.17) is 5.11 Å². The van der Waals surface area contributed by atoms with Crippen molar-refractivity contribution in [2.75, 3.05) is 6.54 Å². The molecule has 4 nitrogen and oxygen atoms in total. The number of aliphatic carboxylic acids is 1. The van der Waals surface area contributed by atoms with Crippen LogP contribution in [-0.4, -0.2) is 34.4 Å². The summed E-state index contributed by atoms with van der Waals surface area (Å²) in [6.45, 7) is 3.50. The SMILES string of the molecule is C[C@@H](NCC(C)(O)C(=O)O)C1CCCC1. The van der Waals surface area contributed by atoms with Crippen molar-refractivity contribution in [3.8, 4) is 0 Å². The highest BCUT2D eigenvalue weighted by molar-refractivity contribution is 5.76. The Hall–Kier alpha value is -0.610. The van der Waals surface area contributed by atoms with Gasteiger partial charge in [-0.2, -0.15) is 0 Å². The lowest BCUT2D eigenvalue weighted by Crippen LogP contribution is -2.48. The summed E-state index contributed by atoms with van der Waals surface area (Å²) in [5.41, 5.74) is -1.66. The third-order valence-electron chi connectivity index (χ3n) is 3.34. The second kappa shape index (κ2) is 4.94. The minimum absolute atomic E-state index is 0.111. The summed E-state index contributed by atoms with van der Waals surface area (Å²) in [6.07, 6.45) is 4.96. The van der Waals surface area contributed by atoms with Gasteiger partial charge in [0.1, 0.15) is 0 Å². The fourth-order valence-electron chi connectivity index (χ4n) is 2.06. The molecule has 15 heavy (non-hydrogen) atoms. The summed E-state index contributed by atoms with van der Waals surface area (Å²) in [5.74, 6) is -0.539. The van der Waals surface area contributed by atoms with Crippen LogP contribution in [0.15, 0.2) is 0 Å². The lowest BCUT2D eigenvalue weighted by atomic mass is 9.98. The van der Waals surface area contributed by atoms with Gasteiger partial charge in [-0.3, -0.25) is 0 Å². The van der Waals surface area contributed by atoms with Crippen molar-refractivity contribution >= 4 is 5.97 Å². The van der Waals surface area contributed by atoms with Crippen molar-refractivity contribution in [1.82, 2.24) is 5.32 Å². The van der Waals surface area contributed by atoms with Crippen LogP contribution in [0, 0.1) is 5.92 Å². The predicted molar refractivity (Wildman–Crippen MR) is 57.7 cm³/mol. The number of carboxylic acids is 1. The van der Waals surface area contributed by atoms with E-state index in [2.05, 4.69) is 12.2 Å². The first-order chi connectivity index (χ1) is 6.93. The number of carbonyl (C=O) groups is 1. The summed E-state index contributed by atoms with van der Waals surface area (Å²) in [7, 11) is 0. The van der Waals surface area contributed by atoms with Gasteiger partial charge < -0.3 is 15.5 Å². The smallest absolute Gasteiger partial charge is 0.336 e. The third kappa shape index (κ3) is 3.47. The topological polar surface area (TPSA) is 69.6 Å². The first-order valence-corrected chi connectivity index (χ1v) is 5.62. The van der Waals surface area contributed by atoms with Crippen molar-refractivity contribution in [2.45, 2.75) is 51.2 Å². The van der Waals surface area contributed by atoms with Crippen molar-refractivity contribution in [3.63, 3.8) is 0 Å². The number of hydrogen-bond acceptors (Lipinski definition) is 3. The van der Waals surface area contributed by atoms with Crippen LogP contribution in [-0.2, 0) is 4.79 Å². The molecule has 0 radical (unpaired) electrons. The number of nitrogens with one attached hydrogen (secondary N) is 1. The highest BCUT2D eigenvalue weighted by Crippen LogP contribution is 2.27. The van der Waals surface area contributed by atoms with E-state index < -0.39 is 11.6 Å². The lowest BCUT2D eigenvalue weighted by molar-refractivity contribution is -0.156. The maximum atomic E-state index is 10.7. The Kier molecular flexibility index (Phi) is 4.11. The van der Waals surface area contributed by atoms with E-state index in [9.17, 15) is 9.90 Å². The third-order valence-corrected chi connectivity index (χ3v) is 3.34. The molecule has 0 aromatic rings. The number of carboxylic acid groups (broad SMARTS) is 1. The van der Waals surface area contributed by atoms with Crippen LogP contribution in [0.1, 0.15) is 39.5 Å². The Morgan fingerprint density at radius 2 is 2.07 bits per heavy atom. The van der Waals surface area contributed by atoms with E-state index in [0.29, 0.717) is 12.0 Å². The molecule has 1 aliphatic rings. The fraction of sp³-hybridized carbons (Fsp3) is 0.909. The molecule has 0 aromatic carbocycles. The molecule has 4 heteroatoms. The molecule has 0 heterocycles. The standard InChI is InChI=1S/C11H21NO3/c1-8(9-5-3-4-6-9)12-7-11(2,15)10(13)14/h8-9,12,15H,3-7H2,1-2H3,(H,13,14)/t8-,11?/m1/s1. The van der Waals surface area contributed by atoms with Gasteiger partial charge in [-0.1, -0.05) is 12.8 Å². The molecular weight excluding hydrogens is 194 g/mol. The zero-order chi connectivity index (χ0) is 11.5. The van der Waals surface area contributed by atoms with Crippen LogP contribution >= 0.6 is 0 Å². The quantitative estimate of drug-likeness (QED) is 0.639. The maximum absolute atomic E-state index is 10.7. The highest BCUT2D eigenvalue weighted by Gasteiger charge is 2.31. The minimum Gasteiger partial charge on any atom is -0.479 e. The molecule has 0 amide bonds. The first-order valence-electron chi connectivity index (χ1n) is 5.62. The van der Waals surface area contributed by atoms with Crippen LogP contribution in [0.5, 0.6) is 0 Å². The van der Waals surface area contributed by atoms with Crippen LogP contribution in [0.3, 0.4) is 0 Å². The predicted octanol–water partition coefficient (Wildman–Crippen LogP) is 0.990. The minimum atomic E-state index is -1.66. The number of hydrogen-bond donors (Lipinski definition) is 3. The summed E-state index contributed by atoms with van der Waals surface area (Å²) in [4.78, 5) is 10.7. The van der Waals surface area contributed by atoms with Gasteiger partial charge in [-0.25, -0.2) is 4.79 Å². The van der Waals surface area contributed by atoms with Crippen molar-refractivity contribution in [1.29, 1.82) is 0 Å².